The van der Waals surface area contributed by atoms with Gasteiger partial charge in [0.1, 0.15) is 18.1 Å². The van der Waals surface area contributed by atoms with Crippen molar-refractivity contribution in [1.82, 2.24) is 9.13 Å². The maximum absolute atomic E-state index is 13.2. The van der Waals surface area contributed by atoms with E-state index >= 15 is 0 Å². The zero-order valence-corrected chi connectivity index (χ0v) is 17.8. The number of hydrogen-bond donors (Lipinski definition) is 2. The highest BCUT2D eigenvalue weighted by molar-refractivity contribution is 5.90. The number of carbonyl (C=O) groups is 1. The summed E-state index contributed by atoms with van der Waals surface area (Å²) in [6.45, 7) is 5.49. The van der Waals surface area contributed by atoms with Gasteiger partial charge in [0.2, 0.25) is 5.91 Å². The number of nitrogens with two attached hydrogens (primary N) is 1. The van der Waals surface area contributed by atoms with Crippen molar-refractivity contribution in [2.45, 2.75) is 59.0 Å². The molecule has 0 aliphatic carbocycles. The molecule has 3 N–H and O–H groups in total. The molecule has 0 saturated carbocycles. The minimum atomic E-state index is -0.545. The average molecular weight is 414 g/mol. The number of aryl methyl sites for hydroxylation is 1. The van der Waals surface area contributed by atoms with Gasteiger partial charge in [0.25, 0.3) is 5.56 Å². The van der Waals surface area contributed by atoms with Crippen LogP contribution in [0.15, 0.2) is 33.9 Å². The van der Waals surface area contributed by atoms with Crippen molar-refractivity contribution in [1.29, 1.82) is 0 Å². The number of nitrogens with zero attached hydrogens (tertiary/aromatic N) is 3. The smallest absolute Gasteiger partial charge is 0.333 e. The van der Waals surface area contributed by atoms with Gasteiger partial charge >= 0.3 is 5.69 Å². The van der Waals surface area contributed by atoms with Gasteiger partial charge < -0.3 is 16.0 Å². The summed E-state index contributed by atoms with van der Waals surface area (Å²) in [7, 11) is 0. The Morgan fingerprint density at radius 2 is 1.70 bits per heavy atom. The van der Waals surface area contributed by atoms with E-state index in [0.29, 0.717) is 24.3 Å². The van der Waals surface area contributed by atoms with Crippen molar-refractivity contribution in [2.75, 3.05) is 29.0 Å². The molecule has 1 amide bonds. The molecule has 30 heavy (non-hydrogen) atoms. The monoisotopic (exact) mass is 413 g/mol. The number of nitrogens with one attached hydrogen (secondary N) is 1. The van der Waals surface area contributed by atoms with Gasteiger partial charge in [-0.3, -0.25) is 14.2 Å². The number of rotatable bonds is 7. The summed E-state index contributed by atoms with van der Waals surface area (Å²) in [6.07, 6.45) is 4.65. The lowest BCUT2D eigenvalue weighted by Crippen LogP contribution is -2.47. The molecule has 1 aromatic carbocycles. The van der Waals surface area contributed by atoms with Crippen molar-refractivity contribution in [2.24, 2.45) is 0 Å². The maximum Gasteiger partial charge on any atom is 0.333 e. The third-order valence-corrected chi connectivity index (χ3v) is 5.51. The number of carbonyl (C=O) groups excluding carboxylic acids is 1. The summed E-state index contributed by atoms with van der Waals surface area (Å²) in [5, 5.41) is 2.77. The normalized spacial score (nSPS) is 14.0. The van der Waals surface area contributed by atoms with Crippen molar-refractivity contribution in [3.63, 3.8) is 0 Å². The first-order valence-corrected chi connectivity index (χ1v) is 10.7. The molecule has 8 heteroatoms. The molecule has 0 spiro atoms. The van der Waals surface area contributed by atoms with Gasteiger partial charge in [-0.25, -0.2) is 9.36 Å². The van der Waals surface area contributed by atoms with E-state index in [9.17, 15) is 14.4 Å². The van der Waals surface area contributed by atoms with Crippen LogP contribution in [0.1, 0.15) is 45.1 Å². The molecule has 1 aliphatic rings. The molecule has 0 unspecified atom stereocenters. The van der Waals surface area contributed by atoms with E-state index in [1.807, 2.05) is 36.1 Å². The molecule has 2 aromatic rings. The number of aromatic nitrogens is 2. The molecule has 0 radical (unpaired) electrons. The molecule has 1 fully saturated rings. The largest absolute Gasteiger partial charge is 0.383 e. The van der Waals surface area contributed by atoms with Crippen LogP contribution >= 0.6 is 0 Å². The van der Waals surface area contributed by atoms with Crippen molar-refractivity contribution in [3.05, 3.63) is 50.7 Å². The van der Waals surface area contributed by atoms with Crippen LogP contribution in [0.3, 0.4) is 0 Å². The summed E-state index contributed by atoms with van der Waals surface area (Å²) >= 11 is 0. The highest BCUT2D eigenvalue weighted by Crippen LogP contribution is 2.21. The molecule has 1 saturated heterocycles. The maximum atomic E-state index is 13.2. The zero-order valence-electron chi connectivity index (χ0n) is 17.8. The Labute approximate surface area is 176 Å². The highest BCUT2D eigenvalue weighted by Gasteiger charge is 2.24. The van der Waals surface area contributed by atoms with E-state index in [2.05, 4.69) is 12.2 Å². The van der Waals surface area contributed by atoms with E-state index in [4.69, 9.17) is 5.73 Å². The number of benzene rings is 1. The summed E-state index contributed by atoms with van der Waals surface area (Å²) in [4.78, 5) is 40.7. The van der Waals surface area contributed by atoms with Crippen LogP contribution in [0, 0.1) is 0 Å². The Kier molecular flexibility index (Phi) is 6.97. The Morgan fingerprint density at radius 3 is 2.30 bits per heavy atom. The fourth-order valence-corrected chi connectivity index (χ4v) is 3.86. The van der Waals surface area contributed by atoms with Crippen LogP contribution in [0.4, 0.5) is 17.2 Å². The van der Waals surface area contributed by atoms with E-state index in [-0.39, 0.29) is 12.4 Å². The molecule has 2 heterocycles. The van der Waals surface area contributed by atoms with Crippen molar-refractivity contribution < 1.29 is 4.79 Å². The molecular formula is C22H31N5O3. The molecule has 162 valence electrons. The second kappa shape index (κ2) is 9.65. The van der Waals surface area contributed by atoms with E-state index in [1.165, 1.54) is 4.57 Å². The minimum Gasteiger partial charge on any atom is -0.383 e. The van der Waals surface area contributed by atoms with E-state index in [1.54, 1.807) is 0 Å². The van der Waals surface area contributed by atoms with Crippen LogP contribution < -0.4 is 27.2 Å². The standard InChI is InChI=1S/C22H31N5O3/c1-3-12-26-20(23)19(25-13-6-5-7-14-25)21(29)27(22(26)30)15-18(28)24-17-10-8-16(4-2)9-11-17/h8-11H,3-7,12-15,23H2,1-2H3,(H,24,28). The van der Waals surface area contributed by atoms with Crippen LogP contribution in [-0.2, 0) is 24.3 Å². The van der Waals surface area contributed by atoms with Gasteiger partial charge in [-0.05, 0) is 49.8 Å². The average Bonchev–Trinajstić information content (AvgIpc) is 2.75. The topological polar surface area (TPSA) is 102 Å². The summed E-state index contributed by atoms with van der Waals surface area (Å²) in [5.41, 5.74) is 7.35. The first-order valence-electron chi connectivity index (χ1n) is 10.7. The highest BCUT2D eigenvalue weighted by atomic mass is 16.2. The van der Waals surface area contributed by atoms with Gasteiger partial charge in [0.05, 0.1) is 0 Å². The minimum absolute atomic E-state index is 0.195. The molecule has 1 aromatic heterocycles. The number of anilines is 3. The van der Waals surface area contributed by atoms with Gasteiger partial charge in [-0.2, -0.15) is 0 Å². The summed E-state index contributed by atoms with van der Waals surface area (Å²) in [5.74, 6) is -0.226. The number of hydrogen-bond acceptors (Lipinski definition) is 5. The first-order chi connectivity index (χ1) is 14.5. The molecule has 3 rings (SSSR count). The molecule has 0 bridgehead atoms. The lowest BCUT2D eigenvalue weighted by molar-refractivity contribution is -0.116. The van der Waals surface area contributed by atoms with Crippen molar-refractivity contribution >= 4 is 23.1 Å². The Balaban J connectivity index is 1.93. The summed E-state index contributed by atoms with van der Waals surface area (Å²) in [6, 6.07) is 7.51. The molecule has 8 nitrogen and oxygen atoms in total. The third-order valence-electron chi connectivity index (χ3n) is 5.51. The SMILES string of the molecule is CCCn1c(N)c(N2CCCCC2)c(=O)n(CC(=O)Nc2ccc(CC)cc2)c1=O. The second-order valence-electron chi connectivity index (χ2n) is 7.71. The Morgan fingerprint density at radius 1 is 1.03 bits per heavy atom. The summed E-state index contributed by atoms with van der Waals surface area (Å²) < 4.78 is 2.42. The lowest BCUT2D eigenvalue weighted by Gasteiger charge is -2.30. The third kappa shape index (κ3) is 4.58. The quantitative estimate of drug-likeness (QED) is 0.724. The fraction of sp³-hybridized carbons (Fsp3) is 0.500. The van der Waals surface area contributed by atoms with Crippen molar-refractivity contribution in [3.8, 4) is 0 Å². The number of amides is 1. The van der Waals surface area contributed by atoms with Gasteiger partial charge in [0, 0.05) is 25.3 Å². The first kappa shape index (κ1) is 21.7. The predicted molar refractivity (Wildman–Crippen MR) is 120 cm³/mol. The van der Waals surface area contributed by atoms with E-state index < -0.39 is 17.2 Å². The molecule has 1 aliphatic heterocycles. The lowest BCUT2D eigenvalue weighted by atomic mass is 10.1. The van der Waals surface area contributed by atoms with Gasteiger partial charge in [-0.1, -0.05) is 26.0 Å². The second-order valence-corrected chi connectivity index (χ2v) is 7.71. The predicted octanol–water partition coefficient (Wildman–Crippen LogP) is 2.19. The fourth-order valence-electron chi connectivity index (χ4n) is 3.86. The Bertz CT molecular complexity index is 1000. The molecular weight excluding hydrogens is 382 g/mol. The Hall–Kier alpha value is -3.03. The van der Waals surface area contributed by atoms with Gasteiger partial charge in [0.15, 0.2) is 0 Å². The van der Waals surface area contributed by atoms with E-state index in [0.717, 1.165) is 48.9 Å². The molecule has 0 atom stereocenters. The number of nitrogen functional groups attached to an aromatic ring is 1. The van der Waals surface area contributed by atoms with Crippen LogP contribution in [0.5, 0.6) is 0 Å². The van der Waals surface area contributed by atoms with Crippen LogP contribution in [0.25, 0.3) is 0 Å². The van der Waals surface area contributed by atoms with Crippen LogP contribution in [-0.4, -0.2) is 28.1 Å². The number of piperidine rings is 1. The van der Waals surface area contributed by atoms with Crippen LogP contribution in [0.2, 0.25) is 0 Å². The van der Waals surface area contributed by atoms with Gasteiger partial charge in [-0.15, -0.1) is 0 Å². The zero-order chi connectivity index (χ0) is 21.7.